The third-order valence-electron chi connectivity index (χ3n) is 1.33. The highest BCUT2D eigenvalue weighted by molar-refractivity contribution is 7.90. The number of hydrogen-bond acceptors (Lipinski definition) is 3. The molecular formula is C7H9Cl2NO2S. The number of sulfone groups is 1. The summed E-state index contributed by atoms with van der Waals surface area (Å²) in [5.74, 6) is 0.344. The first-order valence-electron chi connectivity index (χ1n) is 3.25. The molecule has 1 rings (SSSR count). The van der Waals surface area contributed by atoms with Gasteiger partial charge < -0.3 is 0 Å². The van der Waals surface area contributed by atoms with Crippen molar-refractivity contribution < 1.29 is 8.42 Å². The molecular weight excluding hydrogens is 233 g/mol. The van der Waals surface area contributed by atoms with Crippen LogP contribution in [0.4, 0.5) is 0 Å². The number of pyridine rings is 1. The molecule has 3 nitrogen and oxygen atoms in total. The zero-order chi connectivity index (χ0) is 9.19. The van der Waals surface area contributed by atoms with Gasteiger partial charge in [0.05, 0.1) is 0 Å². The van der Waals surface area contributed by atoms with Gasteiger partial charge in [-0.25, -0.2) is 13.4 Å². The Bertz CT molecular complexity index is 361. The SMILES string of the molecule is CS(=O)(=O)c1ccc(CCl)cn1.Cl. The van der Waals surface area contributed by atoms with E-state index in [0.29, 0.717) is 5.88 Å². The van der Waals surface area contributed by atoms with Crippen molar-refractivity contribution in [3.63, 3.8) is 0 Å². The second-order valence-corrected chi connectivity index (χ2v) is 4.64. The molecule has 0 aliphatic carbocycles. The fourth-order valence-electron chi connectivity index (χ4n) is 0.709. The van der Waals surface area contributed by atoms with Gasteiger partial charge in [0.15, 0.2) is 14.9 Å². The van der Waals surface area contributed by atoms with Crippen molar-refractivity contribution in [2.45, 2.75) is 10.9 Å². The van der Waals surface area contributed by atoms with Crippen LogP contribution in [0.25, 0.3) is 0 Å². The third-order valence-corrected chi connectivity index (χ3v) is 2.64. The van der Waals surface area contributed by atoms with Crippen molar-refractivity contribution >= 4 is 33.8 Å². The highest BCUT2D eigenvalue weighted by atomic mass is 35.5. The molecule has 0 radical (unpaired) electrons. The zero-order valence-corrected chi connectivity index (χ0v) is 9.29. The number of aromatic nitrogens is 1. The van der Waals surface area contributed by atoms with Crippen LogP contribution in [0.1, 0.15) is 5.56 Å². The molecule has 1 aromatic rings. The summed E-state index contributed by atoms with van der Waals surface area (Å²) in [4.78, 5) is 3.75. The average molecular weight is 242 g/mol. The molecule has 74 valence electrons. The fourth-order valence-corrected chi connectivity index (χ4v) is 1.43. The normalized spacial score (nSPS) is 10.6. The van der Waals surface area contributed by atoms with Crippen LogP contribution >= 0.6 is 24.0 Å². The van der Waals surface area contributed by atoms with E-state index in [1.807, 2.05) is 0 Å². The van der Waals surface area contributed by atoms with E-state index in [1.54, 1.807) is 6.07 Å². The average Bonchev–Trinajstić information content (AvgIpc) is 2.03. The smallest absolute Gasteiger partial charge is 0.192 e. The summed E-state index contributed by atoms with van der Waals surface area (Å²) in [5, 5.41) is 0.0800. The minimum atomic E-state index is -3.18. The number of alkyl halides is 1. The molecule has 0 unspecified atom stereocenters. The summed E-state index contributed by atoms with van der Waals surface area (Å²) in [6.45, 7) is 0. The minimum Gasteiger partial charge on any atom is -0.244 e. The lowest BCUT2D eigenvalue weighted by atomic mass is 10.3. The molecule has 0 saturated heterocycles. The summed E-state index contributed by atoms with van der Waals surface area (Å²) in [6.07, 6.45) is 2.58. The summed E-state index contributed by atoms with van der Waals surface area (Å²) in [5.41, 5.74) is 0.809. The Morgan fingerprint density at radius 2 is 2.08 bits per heavy atom. The van der Waals surface area contributed by atoms with Crippen molar-refractivity contribution in [3.05, 3.63) is 23.9 Å². The van der Waals surface area contributed by atoms with Gasteiger partial charge in [-0.15, -0.1) is 24.0 Å². The predicted molar refractivity (Wildman–Crippen MR) is 54.2 cm³/mol. The molecule has 0 bridgehead atoms. The monoisotopic (exact) mass is 241 g/mol. The maximum atomic E-state index is 10.9. The van der Waals surface area contributed by atoms with Crippen molar-refractivity contribution in [1.29, 1.82) is 0 Å². The first-order chi connectivity index (χ1) is 5.54. The number of nitrogens with zero attached hydrogens (tertiary/aromatic N) is 1. The second-order valence-electron chi connectivity index (χ2n) is 2.41. The Morgan fingerprint density at radius 3 is 2.38 bits per heavy atom. The molecule has 0 aromatic carbocycles. The van der Waals surface area contributed by atoms with E-state index in [9.17, 15) is 8.42 Å². The van der Waals surface area contributed by atoms with Gasteiger partial charge >= 0.3 is 0 Å². The van der Waals surface area contributed by atoms with Crippen LogP contribution in [0.3, 0.4) is 0 Å². The van der Waals surface area contributed by atoms with Crippen molar-refractivity contribution in [2.75, 3.05) is 6.26 Å². The summed E-state index contributed by atoms with van der Waals surface area (Å²) in [6, 6.07) is 3.10. The van der Waals surface area contributed by atoms with Crippen LogP contribution in [0.5, 0.6) is 0 Å². The topological polar surface area (TPSA) is 47.0 Å². The Hall–Kier alpha value is -0.320. The Balaban J connectivity index is 0.00000144. The van der Waals surface area contributed by atoms with Gasteiger partial charge in [-0.2, -0.15) is 0 Å². The highest BCUT2D eigenvalue weighted by Gasteiger charge is 2.07. The number of rotatable bonds is 2. The lowest BCUT2D eigenvalue weighted by Crippen LogP contribution is -2.00. The second kappa shape index (κ2) is 4.79. The third kappa shape index (κ3) is 3.50. The lowest BCUT2D eigenvalue weighted by Gasteiger charge is -1.97. The lowest BCUT2D eigenvalue weighted by molar-refractivity contribution is 0.598. The van der Waals surface area contributed by atoms with Gasteiger partial charge in [-0.3, -0.25) is 0 Å². The van der Waals surface area contributed by atoms with E-state index in [2.05, 4.69) is 4.98 Å². The first kappa shape index (κ1) is 12.7. The molecule has 6 heteroatoms. The molecule has 0 aliphatic heterocycles. The first-order valence-corrected chi connectivity index (χ1v) is 5.67. The Morgan fingerprint density at radius 1 is 1.46 bits per heavy atom. The van der Waals surface area contributed by atoms with Gasteiger partial charge in [-0.1, -0.05) is 6.07 Å². The minimum absolute atomic E-state index is 0. The van der Waals surface area contributed by atoms with Gasteiger partial charge in [-0.05, 0) is 11.6 Å². The van der Waals surface area contributed by atoms with E-state index in [4.69, 9.17) is 11.6 Å². The van der Waals surface area contributed by atoms with Crippen molar-refractivity contribution in [2.24, 2.45) is 0 Å². The van der Waals surface area contributed by atoms with Crippen LogP contribution in [0, 0.1) is 0 Å². The van der Waals surface area contributed by atoms with Crippen molar-refractivity contribution in [3.8, 4) is 0 Å². The summed E-state index contributed by atoms with van der Waals surface area (Å²) in [7, 11) is -3.18. The Labute approximate surface area is 88.5 Å². The van der Waals surface area contributed by atoms with Crippen molar-refractivity contribution in [1.82, 2.24) is 4.98 Å². The number of halogens is 2. The van der Waals surface area contributed by atoms with E-state index in [-0.39, 0.29) is 17.4 Å². The van der Waals surface area contributed by atoms with Gasteiger partial charge in [0.1, 0.15) is 0 Å². The Kier molecular flexibility index (Phi) is 4.67. The van der Waals surface area contributed by atoms with Crippen LogP contribution in [-0.4, -0.2) is 19.7 Å². The fraction of sp³-hybridized carbons (Fsp3) is 0.286. The predicted octanol–water partition coefficient (Wildman–Crippen LogP) is 1.65. The van der Waals surface area contributed by atoms with Crippen LogP contribution in [0.15, 0.2) is 23.4 Å². The molecule has 0 saturated carbocycles. The maximum Gasteiger partial charge on any atom is 0.192 e. The largest absolute Gasteiger partial charge is 0.244 e. The molecule has 0 spiro atoms. The summed E-state index contributed by atoms with van der Waals surface area (Å²) >= 11 is 5.50. The van der Waals surface area contributed by atoms with Crippen LogP contribution < -0.4 is 0 Å². The molecule has 0 fully saturated rings. The van der Waals surface area contributed by atoms with Gasteiger partial charge in [0.2, 0.25) is 0 Å². The van der Waals surface area contributed by atoms with E-state index in [0.717, 1.165) is 11.8 Å². The molecule has 0 amide bonds. The highest BCUT2D eigenvalue weighted by Crippen LogP contribution is 2.07. The van der Waals surface area contributed by atoms with Gasteiger partial charge in [0, 0.05) is 18.3 Å². The molecule has 13 heavy (non-hydrogen) atoms. The van der Waals surface area contributed by atoms with Crippen LogP contribution in [0.2, 0.25) is 0 Å². The maximum absolute atomic E-state index is 10.9. The molecule has 0 aliphatic rings. The standard InChI is InChI=1S/C7H8ClNO2S.ClH/c1-12(10,11)7-3-2-6(4-8)5-9-7;/h2-3,5H,4H2,1H3;1H. The zero-order valence-electron chi connectivity index (χ0n) is 6.90. The van der Waals surface area contributed by atoms with Gasteiger partial charge in [0.25, 0.3) is 0 Å². The molecule has 0 N–H and O–H groups in total. The van der Waals surface area contributed by atoms with E-state index < -0.39 is 9.84 Å². The van der Waals surface area contributed by atoms with Crippen LogP contribution in [-0.2, 0) is 15.7 Å². The van der Waals surface area contributed by atoms with E-state index in [1.165, 1.54) is 12.3 Å². The number of hydrogen-bond donors (Lipinski definition) is 0. The molecule has 1 heterocycles. The van der Waals surface area contributed by atoms with E-state index >= 15 is 0 Å². The molecule has 0 atom stereocenters. The molecule has 1 aromatic heterocycles. The summed E-state index contributed by atoms with van der Waals surface area (Å²) < 4.78 is 21.9. The quantitative estimate of drug-likeness (QED) is 0.741.